The summed E-state index contributed by atoms with van der Waals surface area (Å²) in [5.74, 6) is 0.533. The molecule has 0 saturated carbocycles. The van der Waals surface area contributed by atoms with E-state index in [0.717, 1.165) is 0 Å². The van der Waals surface area contributed by atoms with Crippen LogP contribution >= 0.6 is 11.6 Å². The van der Waals surface area contributed by atoms with Crippen LogP contribution in [-0.2, 0) is 9.47 Å². The van der Waals surface area contributed by atoms with Crippen LogP contribution < -0.4 is 4.74 Å². The van der Waals surface area contributed by atoms with E-state index in [9.17, 15) is 4.79 Å². The van der Waals surface area contributed by atoms with Crippen LogP contribution in [0.25, 0.3) is 0 Å². The molecule has 0 N–H and O–H groups in total. The highest BCUT2D eigenvalue weighted by molar-refractivity contribution is 6.28. The fraction of sp³-hybridized carbons (Fsp3) is 0.688. The van der Waals surface area contributed by atoms with Crippen LogP contribution in [0.1, 0.15) is 33.6 Å². The lowest BCUT2D eigenvalue weighted by atomic mass is 9.92. The zero-order valence-electron chi connectivity index (χ0n) is 14.5. The standard InChI is InChI=1S/C16H24ClN3O4/c1-15(2,3)24-14(21)20-7-5-16(22-4,6-8-20)11-23-12-9-18-13(17)19-10-12/h9-10H,5-8,11H2,1-4H3. The maximum atomic E-state index is 12.1. The Balaban J connectivity index is 1.89. The van der Waals surface area contributed by atoms with Crippen LogP contribution in [0.5, 0.6) is 5.75 Å². The predicted molar refractivity (Wildman–Crippen MR) is 89.3 cm³/mol. The fourth-order valence-electron chi connectivity index (χ4n) is 2.42. The number of aromatic nitrogens is 2. The van der Waals surface area contributed by atoms with Crippen molar-refractivity contribution in [3.05, 3.63) is 17.7 Å². The smallest absolute Gasteiger partial charge is 0.410 e. The number of hydrogen-bond acceptors (Lipinski definition) is 6. The Morgan fingerprint density at radius 1 is 1.29 bits per heavy atom. The van der Waals surface area contributed by atoms with Gasteiger partial charge in [-0.25, -0.2) is 14.8 Å². The van der Waals surface area contributed by atoms with Gasteiger partial charge in [0, 0.05) is 20.2 Å². The van der Waals surface area contributed by atoms with E-state index in [2.05, 4.69) is 9.97 Å². The van der Waals surface area contributed by atoms with Gasteiger partial charge in [0.2, 0.25) is 5.28 Å². The highest BCUT2D eigenvalue weighted by atomic mass is 35.5. The van der Waals surface area contributed by atoms with Crippen LogP contribution in [0.15, 0.2) is 12.4 Å². The number of amides is 1. The van der Waals surface area contributed by atoms with Crippen molar-refractivity contribution in [1.29, 1.82) is 0 Å². The number of likely N-dealkylation sites (tertiary alicyclic amines) is 1. The Hall–Kier alpha value is -1.60. The molecule has 0 bridgehead atoms. The van der Waals surface area contributed by atoms with Crippen molar-refractivity contribution in [2.75, 3.05) is 26.8 Å². The molecule has 24 heavy (non-hydrogen) atoms. The van der Waals surface area contributed by atoms with Gasteiger partial charge >= 0.3 is 6.09 Å². The number of hydrogen-bond donors (Lipinski definition) is 0. The highest BCUT2D eigenvalue weighted by Gasteiger charge is 2.38. The van der Waals surface area contributed by atoms with E-state index >= 15 is 0 Å². The first kappa shape index (κ1) is 18.7. The van der Waals surface area contributed by atoms with Crippen molar-refractivity contribution in [1.82, 2.24) is 14.9 Å². The van der Waals surface area contributed by atoms with Gasteiger partial charge in [-0.15, -0.1) is 0 Å². The molecule has 0 aromatic carbocycles. The van der Waals surface area contributed by atoms with Crippen molar-refractivity contribution in [3.8, 4) is 5.75 Å². The molecule has 1 saturated heterocycles. The van der Waals surface area contributed by atoms with Gasteiger partial charge in [-0.05, 0) is 45.2 Å². The molecule has 0 atom stereocenters. The summed E-state index contributed by atoms with van der Waals surface area (Å²) in [6, 6.07) is 0. The van der Waals surface area contributed by atoms with Gasteiger partial charge in [0.05, 0.1) is 12.4 Å². The monoisotopic (exact) mass is 357 g/mol. The third-order valence-electron chi connectivity index (χ3n) is 3.86. The van der Waals surface area contributed by atoms with Gasteiger partial charge in [0.15, 0.2) is 5.75 Å². The SMILES string of the molecule is COC1(COc2cnc(Cl)nc2)CCN(C(=O)OC(C)(C)C)CC1. The van der Waals surface area contributed by atoms with Gasteiger partial charge in [-0.3, -0.25) is 0 Å². The molecule has 2 rings (SSSR count). The average Bonchev–Trinajstić information content (AvgIpc) is 2.53. The molecule has 2 heterocycles. The van der Waals surface area contributed by atoms with E-state index in [4.69, 9.17) is 25.8 Å². The average molecular weight is 358 g/mol. The molecule has 0 radical (unpaired) electrons. The van der Waals surface area contributed by atoms with E-state index in [1.54, 1.807) is 12.0 Å². The lowest BCUT2D eigenvalue weighted by Crippen LogP contribution is -2.51. The van der Waals surface area contributed by atoms with Gasteiger partial charge in [-0.1, -0.05) is 0 Å². The molecule has 1 aliphatic heterocycles. The Morgan fingerprint density at radius 2 is 1.88 bits per heavy atom. The summed E-state index contributed by atoms with van der Waals surface area (Å²) in [7, 11) is 1.66. The number of carbonyl (C=O) groups is 1. The number of halogens is 1. The molecule has 1 aromatic heterocycles. The first-order valence-corrected chi connectivity index (χ1v) is 8.24. The molecule has 1 fully saturated rings. The first-order chi connectivity index (χ1) is 11.2. The molecule has 134 valence electrons. The molecule has 0 spiro atoms. The van der Waals surface area contributed by atoms with Gasteiger partial charge in [-0.2, -0.15) is 0 Å². The molecule has 0 unspecified atom stereocenters. The van der Waals surface area contributed by atoms with E-state index in [0.29, 0.717) is 38.3 Å². The maximum absolute atomic E-state index is 12.1. The lowest BCUT2D eigenvalue weighted by Gasteiger charge is -2.40. The Labute approximate surface area is 147 Å². The second-order valence-corrected chi connectivity index (χ2v) is 7.17. The van der Waals surface area contributed by atoms with Crippen LogP contribution in [0.2, 0.25) is 5.28 Å². The number of carbonyl (C=O) groups excluding carboxylic acids is 1. The third kappa shape index (κ3) is 5.21. The van der Waals surface area contributed by atoms with Crippen molar-refractivity contribution in [2.45, 2.75) is 44.8 Å². The molecular weight excluding hydrogens is 334 g/mol. The number of piperidine rings is 1. The van der Waals surface area contributed by atoms with Gasteiger partial charge in [0.25, 0.3) is 0 Å². The minimum atomic E-state index is -0.495. The summed E-state index contributed by atoms with van der Waals surface area (Å²) in [6.07, 6.45) is 4.08. The Kier molecular flexibility index (Phi) is 5.87. The van der Waals surface area contributed by atoms with E-state index in [1.807, 2.05) is 20.8 Å². The van der Waals surface area contributed by atoms with E-state index in [-0.39, 0.29) is 11.4 Å². The normalized spacial score (nSPS) is 17.5. The lowest BCUT2D eigenvalue weighted by molar-refractivity contribution is -0.0836. The van der Waals surface area contributed by atoms with E-state index in [1.165, 1.54) is 12.4 Å². The summed E-state index contributed by atoms with van der Waals surface area (Å²) < 4.78 is 16.8. The Bertz CT molecular complexity index is 551. The van der Waals surface area contributed by atoms with E-state index < -0.39 is 11.2 Å². The minimum Gasteiger partial charge on any atom is -0.487 e. The second kappa shape index (κ2) is 7.53. The molecule has 8 heteroatoms. The number of nitrogens with zero attached hydrogens (tertiary/aromatic N) is 3. The number of methoxy groups -OCH3 is 1. The van der Waals surface area contributed by atoms with Crippen LogP contribution in [0.4, 0.5) is 4.79 Å². The third-order valence-corrected chi connectivity index (χ3v) is 4.05. The largest absolute Gasteiger partial charge is 0.487 e. The first-order valence-electron chi connectivity index (χ1n) is 7.86. The second-order valence-electron chi connectivity index (χ2n) is 6.83. The summed E-state index contributed by atoms with van der Waals surface area (Å²) in [4.78, 5) is 21.6. The van der Waals surface area contributed by atoms with Crippen LogP contribution in [-0.4, -0.2) is 59.0 Å². The van der Waals surface area contributed by atoms with Crippen molar-refractivity contribution < 1.29 is 19.0 Å². The molecule has 1 aromatic rings. The Morgan fingerprint density at radius 3 is 2.38 bits per heavy atom. The van der Waals surface area contributed by atoms with Gasteiger partial charge < -0.3 is 19.1 Å². The topological polar surface area (TPSA) is 73.8 Å². The number of ether oxygens (including phenoxy) is 3. The minimum absolute atomic E-state index is 0.175. The molecule has 7 nitrogen and oxygen atoms in total. The summed E-state index contributed by atoms with van der Waals surface area (Å²) >= 11 is 5.65. The molecule has 1 aliphatic rings. The van der Waals surface area contributed by atoms with Crippen molar-refractivity contribution >= 4 is 17.7 Å². The number of rotatable bonds is 4. The van der Waals surface area contributed by atoms with Crippen LogP contribution in [0, 0.1) is 0 Å². The van der Waals surface area contributed by atoms with Crippen molar-refractivity contribution in [2.24, 2.45) is 0 Å². The fourth-order valence-corrected chi connectivity index (χ4v) is 2.52. The molecular formula is C16H24ClN3O4. The predicted octanol–water partition coefficient (Wildman–Crippen LogP) is 2.92. The summed E-state index contributed by atoms with van der Waals surface area (Å²) in [5, 5.41) is 0.175. The zero-order chi connectivity index (χ0) is 17.8. The van der Waals surface area contributed by atoms with Crippen molar-refractivity contribution in [3.63, 3.8) is 0 Å². The van der Waals surface area contributed by atoms with Crippen LogP contribution in [0.3, 0.4) is 0 Å². The molecule has 1 amide bonds. The highest BCUT2D eigenvalue weighted by Crippen LogP contribution is 2.28. The summed E-state index contributed by atoms with van der Waals surface area (Å²) in [5.41, 5.74) is -0.942. The zero-order valence-corrected chi connectivity index (χ0v) is 15.3. The molecule has 0 aliphatic carbocycles. The summed E-state index contributed by atoms with van der Waals surface area (Å²) in [6.45, 7) is 7.05. The maximum Gasteiger partial charge on any atom is 0.410 e. The van der Waals surface area contributed by atoms with Gasteiger partial charge in [0.1, 0.15) is 17.8 Å². The quantitative estimate of drug-likeness (QED) is 0.771.